The topological polar surface area (TPSA) is 60.8 Å². The van der Waals surface area contributed by atoms with E-state index in [0.717, 1.165) is 22.2 Å². The molecule has 2 aliphatic heterocycles. The second-order valence-electron chi connectivity index (χ2n) is 7.93. The number of ether oxygens (including phenoxy) is 2. The predicted octanol–water partition coefficient (Wildman–Crippen LogP) is 3.92. The fraction of sp³-hybridized carbons (Fsp3) is 0.500. The normalized spacial score (nSPS) is 19.5. The van der Waals surface area contributed by atoms with Gasteiger partial charge in [0, 0.05) is 18.4 Å². The molecule has 1 unspecified atom stereocenters. The number of para-hydroxylation sites is 1. The van der Waals surface area contributed by atoms with Gasteiger partial charge in [0.2, 0.25) is 5.91 Å². The third-order valence-corrected chi connectivity index (χ3v) is 5.12. The Morgan fingerprint density at radius 1 is 1.23 bits per heavy atom. The third kappa shape index (κ3) is 2.47. The van der Waals surface area contributed by atoms with Gasteiger partial charge in [0.1, 0.15) is 11.4 Å². The van der Waals surface area contributed by atoms with Gasteiger partial charge in [0.05, 0.1) is 24.4 Å². The lowest BCUT2D eigenvalue weighted by atomic mass is 9.92. The summed E-state index contributed by atoms with van der Waals surface area (Å²) in [5.74, 6) is 0.748. The highest BCUT2D eigenvalue weighted by Crippen LogP contribution is 2.44. The molecule has 6 heteroatoms. The molecule has 26 heavy (non-hydrogen) atoms. The number of amides is 1. The Hall–Kier alpha value is -2.50. The zero-order valence-corrected chi connectivity index (χ0v) is 15.7. The van der Waals surface area contributed by atoms with Gasteiger partial charge in [-0.05, 0) is 45.2 Å². The lowest BCUT2D eigenvalue weighted by molar-refractivity contribution is 0.0107. The van der Waals surface area contributed by atoms with Crippen molar-refractivity contribution < 1.29 is 19.1 Å². The van der Waals surface area contributed by atoms with E-state index in [1.807, 2.05) is 39.0 Å². The fourth-order valence-corrected chi connectivity index (χ4v) is 4.17. The van der Waals surface area contributed by atoms with E-state index in [0.29, 0.717) is 31.6 Å². The molecule has 0 N–H and O–H groups in total. The Labute approximate surface area is 152 Å². The Balaban J connectivity index is 1.87. The molecule has 1 amide bonds. The maximum Gasteiger partial charge on any atom is 0.410 e. The standard InChI is InChI=1S/C20H24N2O4/c1-20(2,3)26-19(24)21-11-10-13-12-6-5-7-15(25-4)18(12)22-16(23)9-8-14(21)17(13)22/h5-7,14H,8-11H2,1-4H3. The van der Waals surface area contributed by atoms with Crippen molar-refractivity contribution in [1.82, 2.24) is 9.47 Å². The van der Waals surface area contributed by atoms with Crippen LogP contribution in [0.3, 0.4) is 0 Å². The lowest BCUT2D eigenvalue weighted by Gasteiger charge is -2.39. The minimum atomic E-state index is -0.544. The van der Waals surface area contributed by atoms with Crippen molar-refractivity contribution >= 4 is 22.9 Å². The zero-order valence-electron chi connectivity index (χ0n) is 15.7. The molecule has 0 radical (unpaired) electrons. The molecule has 0 saturated carbocycles. The van der Waals surface area contributed by atoms with Gasteiger partial charge in [-0.2, -0.15) is 0 Å². The first-order valence-corrected chi connectivity index (χ1v) is 9.05. The Kier molecular flexibility index (Phi) is 3.75. The van der Waals surface area contributed by atoms with Crippen LogP contribution in [0.15, 0.2) is 18.2 Å². The van der Waals surface area contributed by atoms with E-state index >= 15 is 0 Å². The minimum Gasteiger partial charge on any atom is -0.495 e. The molecular weight excluding hydrogens is 332 g/mol. The number of fused-ring (bicyclic) bond motifs is 3. The Bertz CT molecular complexity index is 907. The Morgan fingerprint density at radius 3 is 2.69 bits per heavy atom. The minimum absolute atomic E-state index is 0.0584. The van der Waals surface area contributed by atoms with Crippen molar-refractivity contribution in [1.29, 1.82) is 0 Å². The van der Waals surface area contributed by atoms with Crippen molar-refractivity contribution in [3.05, 3.63) is 29.5 Å². The van der Waals surface area contributed by atoms with Crippen molar-refractivity contribution in [3.8, 4) is 5.75 Å². The molecule has 0 bridgehead atoms. The van der Waals surface area contributed by atoms with Crippen LogP contribution in [0.2, 0.25) is 0 Å². The number of hydrogen-bond acceptors (Lipinski definition) is 4. The van der Waals surface area contributed by atoms with Crippen LogP contribution in [-0.2, 0) is 11.2 Å². The van der Waals surface area contributed by atoms with E-state index in [9.17, 15) is 9.59 Å². The molecule has 1 atom stereocenters. The number of carbonyl (C=O) groups is 2. The summed E-state index contributed by atoms with van der Waals surface area (Å²) in [6.07, 6.45) is 1.42. The van der Waals surface area contributed by atoms with Crippen LogP contribution >= 0.6 is 0 Å². The maximum atomic E-state index is 12.7. The van der Waals surface area contributed by atoms with Gasteiger partial charge < -0.3 is 9.47 Å². The molecule has 1 aromatic carbocycles. The number of benzene rings is 1. The van der Waals surface area contributed by atoms with E-state index in [1.165, 1.54) is 0 Å². The number of carbonyl (C=O) groups excluding carboxylic acids is 2. The van der Waals surface area contributed by atoms with Gasteiger partial charge in [-0.3, -0.25) is 14.3 Å². The third-order valence-electron chi connectivity index (χ3n) is 5.12. The van der Waals surface area contributed by atoms with Crippen LogP contribution < -0.4 is 4.74 Å². The summed E-state index contributed by atoms with van der Waals surface area (Å²) < 4.78 is 12.9. The van der Waals surface area contributed by atoms with Gasteiger partial charge in [-0.15, -0.1) is 0 Å². The lowest BCUT2D eigenvalue weighted by Crippen LogP contribution is -2.45. The molecule has 1 aromatic heterocycles. The van der Waals surface area contributed by atoms with Crippen molar-refractivity contribution in [2.75, 3.05) is 13.7 Å². The highest BCUT2D eigenvalue weighted by Gasteiger charge is 2.41. The van der Waals surface area contributed by atoms with Crippen LogP contribution in [0.4, 0.5) is 4.79 Å². The number of methoxy groups -OCH3 is 1. The van der Waals surface area contributed by atoms with Crippen LogP contribution in [0.25, 0.3) is 10.9 Å². The maximum absolute atomic E-state index is 12.7. The monoisotopic (exact) mass is 356 g/mol. The van der Waals surface area contributed by atoms with Crippen LogP contribution in [0.5, 0.6) is 5.75 Å². The van der Waals surface area contributed by atoms with Crippen LogP contribution in [0, 0.1) is 0 Å². The smallest absolute Gasteiger partial charge is 0.410 e. The second kappa shape index (κ2) is 5.76. The van der Waals surface area contributed by atoms with E-state index in [1.54, 1.807) is 16.6 Å². The quantitative estimate of drug-likeness (QED) is 0.777. The highest BCUT2D eigenvalue weighted by atomic mass is 16.6. The van der Waals surface area contributed by atoms with Crippen LogP contribution in [0.1, 0.15) is 55.7 Å². The summed E-state index contributed by atoms with van der Waals surface area (Å²) in [5, 5.41) is 1.04. The fourth-order valence-electron chi connectivity index (χ4n) is 4.17. The van der Waals surface area contributed by atoms with Gasteiger partial charge in [-0.1, -0.05) is 12.1 Å². The van der Waals surface area contributed by atoms with Gasteiger partial charge in [-0.25, -0.2) is 4.79 Å². The molecular formula is C20H24N2O4. The second-order valence-corrected chi connectivity index (χ2v) is 7.93. The van der Waals surface area contributed by atoms with E-state index in [2.05, 4.69) is 0 Å². The van der Waals surface area contributed by atoms with E-state index in [4.69, 9.17) is 9.47 Å². The van der Waals surface area contributed by atoms with Crippen LogP contribution in [-0.4, -0.2) is 40.7 Å². The summed E-state index contributed by atoms with van der Waals surface area (Å²) in [5.41, 5.74) is 2.35. The number of rotatable bonds is 1. The highest BCUT2D eigenvalue weighted by molar-refractivity contribution is 6.00. The van der Waals surface area contributed by atoms with E-state index in [-0.39, 0.29) is 18.0 Å². The SMILES string of the molecule is COc1cccc2c3c4n(c12)C(=O)CCC4N(C(=O)OC(C)(C)C)CC3. The summed E-state index contributed by atoms with van der Waals surface area (Å²) in [4.78, 5) is 27.3. The van der Waals surface area contributed by atoms with Gasteiger partial charge in [0.25, 0.3) is 0 Å². The van der Waals surface area contributed by atoms with Crippen molar-refractivity contribution in [2.45, 2.75) is 51.7 Å². The molecule has 2 aliphatic rings. The van der Waals surface area contributed by atoms with Crippen molar-refractivity contribution in [2.24, 2.45) is 0 Å². The molecule has 6 nitrogen and oxygen atoms in total. The first-order valence-electron chi connectivity index (χ1n) is 9.05. The average Bonchev–Trinajstić information content (AvgIpc) is 2.93. The van der Waals surface area contributed by atoms with E-state index < -0.39 is 5.60 Å². The predicted molar refractivity (Wildman–Crippen MR) is 97.7 cm³/mol. The molecule has 0 spiro atoms. The molecule has 0 aliphatic carbocycles. The molecule has 3 heterocycles. The number of aromatic nitrogens is 1. The summed E-state index contributed by atoms with van der Waals surface area (Å²) >= 11 is 0. The molecule has 0 saturated heterocycles. The summed E-state index contributed by atoms with van der Waals surface area (Å²) in [7, 11) is 1.62. The Morgan fingerprint density at radius 2 is 2.00 bits per heavy atom. The van der Waals surface area contributed by atoms with Gasteiger partial charge in [0.15, 0.2) is 0 Å². The summed E-state index contributed by atoms with van der Waals surface area (Å²) in [6, 6.07) is 5.72. The molecule has 138 valence electrons. The van der Waals surface area contributed by atoms with Crippen molar-refractivity contribution in [3.63, 3.8) is 0 Å². The summed E-state index contributed by atoms with van der Waals surface area (Å²) in [6.45, 7) is 6.20. The number of nitrogens with zero attached hydrogens (tertiary/aromatic N) is 2. The molecule has 0 fully saturated rings. The zero-order chi connectivity index (χ0) is 18.6. The van der Waals surface area contributed by atoms with Gasteiger partial charge >= 0.3 is 6.09 Å². The first kappa shape index (κ1) is 16.9. The first-order chi connectivity index (χ1) is 12.3. The molecule has 4 rings (SSSR count). The average molecular weight is 356 g/mol. The number of hydrogen-bond donors (Lipinski definition) is 0. The molecule has 2 aromatic rings. The largest absolute Gasteiger partial charge is 0.495 e.